The lowest BCUT2D eigenvalue weighted by Crippen LogP contribution is -2.47. The molecule has 4 rings (SSSR count). The number of morpholine rings is 1. The van der Waals surface area contributed by atoms with Crippen molar-refractivity contribution in [2.75, 3.05) is 31.1 Å². The minimum absolute atomic E-state index is 0. The van der Waals surface area contributed by atoms with Gasteiger partial charge in [-0.05, 0) is 47.9 Å². The number of benzene rings is 3. The smallest absolute Gasteiger partial charge is 0.0875 e. The van der Waals surface area contributed by atoms with Gasteiger partial charge in [0.1, 0.15) is 0 Å². The van der Waals surface area contributed by atoms with Crippen molar-refractivity contribution in [1.29, 1.82) is 0 Å². The van der Waals surface area contributed by atoms with Crippen LogP contribution in [0.5, 0.6) is 0 Å². The Morgan fingerprint density at radius 2 is 1.86 bits per heavy atom. The molecule has 1 heterocycles. The van der Waals surface area contributed by atoms with Crippen molar-refractivity contribution in [3.8, 4) is 0 Å². The van der Waals surface area contributed by atoms with Gasteiger partial charge < -0.3 is 15.0 Å². The molecule has 28 heavy (non-hydrogen) atoms. The largest absolute Gasteiger partial charge is 0.373 e. The zero-order valence-electron chi connectivity index (χ0n) is 16.6. The highest BCUT2D eigenvalue weighted by molar-refractivity contribution is 5.86. The van der Waals surface area contributed by atoms with E-state index in [-0.39, 0.29) is 24.6 Å². The van der Waals surface area contributed by atoms with Gasteiger partial charge in [0.05, 0.1) is 12.7 Å². The van der Waals surface area contributed by atoms with Crippen LogP contribution in [0.15, 0.2) is 66.7 Å². The summed E-state index contributed by atoms with van der Waals surface area (Å²) in [5.41, 5.74) is 3.95. The summed E-state index contributed by atoms with van der Waals surface area (Å²) in [5.74, 6) is 0. The molecule has 1 unspecified atom stereocenters. The number of rotatable bonds is 5. The van der Waals surface area contributed by atoms with Crippen molar-refractivity contribution < 1.29 is 4.74 Å². The number of nitrogens with zero attached hydrogens (tertiary/aromatic N) is 1. The monoisotopic (exact) mass is 396 g/mol. The van der Waals surface area contributed by atoms with E-state index < -0.39 is 0 Å². The topological polar surface area (TPSA) is 24.5 Å². The van der Waals surface area contributed by atoms with Crippen molar-refractivity contribution in [3.63, 3.8) is 0 Å². The highest BCUT2D eigenvalue weighted by Crippen LogP contribution is 2.24. The molecule has 0 saturated carbocycles. The number of nitrogens with one attached hydrogen (secondary N) is 1. The van der Waals surface area contributed by atoms with Crippen LogP contribution in [0, 0.1) is 6.92 Å². The summed E-state index contributed by atoms with van der Waals surface area (Å²) < 4.78 is 6.03. The van der Waals surface area contributed by atoms with Crippen molar-refractivity contribution in [1.82, 2.24) is 5.32 Å². The molecule has 1 N–H and O–H groups in total. The Balaban J connectivity index is 0.00000225. The second kappa shape index (κ2) is 9.42. The summed E-state index contributed by atoms with van der Waals surface area (Å²) in [6, 6.07) is 24.2. The van der Waals surface area contributed by atoms with Gasteiger partial charge in [0, 0.05) is 31.4 Å². The van der Waals surface area contributed by atoms with Crippen molar-refractivity contribution in [3.05, 3.63) is 77.9 Å². The third-order valence-electron chi connectivity index (χ3n) is 5.45. The number of aryl methyl sites for hydroxylation is 1. The first-order valence-corrected chi connectivity index (χ1v) is 9.85. The average Bonchev–Trinajstić information content (AvgIpc) is 2.72. The molecule has 0 bridgehead atoms. The van der Waals surface area contributed by atoms with Gasteiger partial charge in [0.2, 0.25) is 0 Å². The summed E-state index contributed by atoms with van der Waals surface area (Å²) in [6.45, 7) is 7.91. The van der Waals surface area contributed by atoms with Gasteiger partial charge >= 0.3 is 0 Å². The molecule has 0 amide bonds. The molecule has 0 aliphatic carbocycles. The van der Waals surface area contributed by atoms with Crippen LogP contribution in [-0.2, 0) is 4.74 Å². The first-order valence-electron chi connectivity index (χ1n) is 9.85. The van der Waals surface area contributed by atoms with Gasteiger partial charge in [-0.2, -0.15) is 0 Å². The van der Waals surface area contributed by atoms with Crippen LogP contribution in [0.1, 0.15) is 24.1 Å². The van der Waals surface area contributed by atoms with Crippen LogP contribution in [0.25, 0.3) is 10.8 Å². The summed E-state index contributed by atoms with van der Waals surface area (Å²) in [4.78, 5) is 2.44. The Kier molecular flexibility index (Phi) is 6.95. The van der Waals surface area contributed by atoms with Crippen LogP contribution < -0.4 is 10.2 Å². The molecule has 1 aliphatic rings. The number of hydrogen-bond donors (Lipinski definition) is 1. The second-order valence-corrected chi connectivity index (χ2v) is 7.48. The van der Waals surface area contributed by atoms with Gasteiger partial charge in [-0.25, -0.2) is 0 Å². The Labute approximate surface area is 174 Å². The fraction of sp³-hybridized carbons (Fsp3) is 0.333. The van der Waals surface area contributed by atoms with Crippen LogP contribution in [-0.4, -0.2) is 32.3 Å². The maximum absolute atomic E-state index is 6.03. The zero-order valence-corrected chi connectivity index (χ0v) is 17.4. The Morgan fingerprint density at radius 3 is 2.71 bits per heavy atom. The Morgan fingerprint density at radius 1 is 1.07 bits per heavy atom. The van der Waals surface area contributed by atoms with Gasteiger partial charge in [-0.1, -0.05) is 54.6 Å². The molecule has 3 aromatic carbocycles. The number of ether oxygens (including phenoxy) is 1. The summed E-state index contributed by atoms with van der Waals surface area (Å²) in [5, 5.41) is 6.31. The summed E-state index contributed by atoms with van der Waals surface area (Å²) in [6.07, 6.45) is 0.205. The van der Waals surface area contributed by atoms with Gasteiger partial charge in [-0.3, -0.25) is 0 Å². The molecule has 0 aromatic heterocycles. The van der Waals surface area contributed by atoms with E-state index in [4.69, 9.17) is 4.74 Å². The van der Waals surface area contributed by atoms with E-state index >= 15 is 0 Å². The molecule has 0 radical (unpaired) electrons. The number of anilines is 1. The van der Waals surface area contributed by atoms with Crippen LogP contribution in [0.4, 0.5) is 5.69 Å². The number of hydrogen-bond acceptors (Lipinski definition) is 3. The molecule has 1 fully saturated rings. The summed E-state index contributed by atoms with van der Waals surface area (Å²) >= 11 is 0. The van der Waals surface area contributed by atoms with Crippen LogP contribution in [0.3, 0.4) is 0 Å². The highest BCUT2D eigenvalue weighted by Gasteiger charge is 2.21. The fourth-order valence-electron chi connectivity index (χ4n) is 3.95. The van der Waals surface area contributed by atoms with E-state index in [2.05, 4.69) is 90.8 Å². The molecule has 4 heteroatoms. The SMILES string of the molecule is Cc1cccc(N2CCOC(CN[C@H](C)c3cccc4ccccc34)C2)c1.Cl. The number of fused-ring (bicyclic) bond motifs is 1. The van der Waals surface area contributed by atoms with E-state index in [1.165, 1.54) is 27.6 Å². The minimum atomic E-state index is 0. The van der Waals surface area contributed by atoms with Crippen LogP contribution >= 0.6 is 12.4 Å². The molecule has 3 aromatic rings. The maximum atomic E-state index is 6.03. The zero-order chi connectivity index (χ0) is 18.6. The van der Waals surface area contributed by atoms with E-state index in [1.807, 2.05) is 0 Å². The lowest BCUT2D eigenvalue weighted by atomic mass is 9.99. The maximum Gasteiger partial charge on any atom is 0.0875 e. The summed E-state index contributed by atoms with van der Waals surface area (Å²) in [7, 11) is 0. The van der Waals surface area contributed by atoms with Crippen LogP contribution in [0.2, 0.25) is 0 Å². The first kappa shape index (κ1) is 20.7. The van der Waals surface area contributed by atoms with E-state index in [9.17, 15) is 0 Å². The standard InChI is InChI=1S/C24H28N2O.ClH/c1-18-7-5-10-21(15-18)26-13-14-27-22(17-26)16-25-19(2)23-12-6-9-20-8-3-4-11-24(20)23;/h3-12,15,19,22,25H,13-14,16-17H2,1-2H3;1H/t19-,22?;/m1./s1. The number of halogens is 1. The molecule has 1 saturated heterocycles. The molecular weight excluding hydrogens is 368 g/mol. The van der Waals surface area contributed by atoms with Crippen molar-refractivity contribution in [2.24, 2.45) is 0 Å². The molecule has 0 spiro atoms. The molecule has 1 aliphatic heterocycles. The third-order valence-corrected chi connectivity index (χ3v) is 5.45. The predicted molar refractivity (Wildman–Crippen MR) is 121 cm³/mol. The first-order chi connectivity index (χ1) is 13.2. The third kappa shape index (κ3) is 4.67. The Bertz CT molecular complexity index is 909. The second-order valence-electron chi connectivity index (χ2n) is 7.48. The lowest BCUT2D eigenvalue weighted by Gasteiger charge is -2.35. The molecule has 3 nitrogen and oxygen atoms in total. The highest BCUT2D eigenvalue weighted by atomic mass is 35.5. The normalized spacial score (nSPS) is 17.9. The van der Waals surface area contributed by atoms with Gasteiger partial charge in [-0.15, -0.1) is 12.4 Å². The predicted octanol–water partition coefficient (Wildman–Crippen LogP) is 5.13. The molecule has 148 valence electrons. The fourth-order valence-corrected chi connectivity index (χ4v) is 3.95. The van der Waals surface area contributed by atoms with E-state index in [0.29, 0.717) is 0 Å². The average molecular weight is 397 g/mol. The van der Waals surface area contributed by atoms with E-state index in [1.54, 1.807) is 0 Å². The molecule has 2 atom stereocenters. The lowest BCUT2D eigenvalue weighted by molar-refractivity contribution is 0.0395. The molecular formula is C24H29ClN2O. The van der Waals surface area contributed by atoms with Crippen molar-refractivity contribution in [2.45, 2.75) is 26.0 Å². The quantitative estimate of drug-likeness (QED) is 0.647. The van der Waals surface area contributed by atoms with Crippen molar-refractivity contribution >= 4 is 28.9 Å². The Hall–Kier alpha value is -2.07. The van der Waals surface area contributed by atoms with E-state index in [0.717, 1.165) is 26.2 Å². The minimum Gasteiger partial charge on any atom is -0.373 e. The van der Waals surface area contributed by atoms with Gasteiger partial charge in [0.15, 0.2) is 0 Å². The van der Waals surface area contributed by atoms with Gasteiger partial charge in [0.25, 0.3) is 0 Å².